The first-order valence-electron chi connectivity index (χ1n) is 6.21. The molecule has 1 aliphatic rings. The lowest BCUT2D eigenvalue weighted by Crippen LogP contribution is -2.42. The zero-order valence-electron chi connectivity index (χ0n) is 9.87. The van der Waals surface area contributed by atoms with Crippen LogP contribution in [0.15, 0.2) is 0 Å². The van der Waals surface area contributed by atoms with Crippen molar-refractivity contribution in [2.75, 3.05) is 12.4 Å². The number of rotatable bonds is 7. The van der Waals surface area contributed by atoms with Crippen LogP contribution in [0.3, 0.4) is 0 Å². The van der Waals surface area contributed by atoms with Crippen molar-refractivity contribution in [2.45, 2.75) is 62.7 Å². The summed E-state index contributed by atoms with van der Waals surface area (Å²) in [6.07, 6.45) is 8.63. The fourth-order valence-electron chi connectivity index (χ4n) is 2.10. The minimum absolute atomic E-state index is 0.123. The van der Waals surface area contributed by atoms with Crippen LogP contribution in [-0.4, -0.2) is 28.3 Å². The molecule has 3 N–H and O–H groups in total. The zero-order chi connectivity index (χ0) is 11.1. The molecule has 0 aliphatic heterocycles. The first-order chi connectivity index (χ1) is 7.20. The number of aliphatic hydroxyl groups is 1. The molecule has 15 heavy (non-hydrogen) atoms. The van der Waals surface area contributed by atoms with Gasteiger partial charge in [0.25, 0.3) is 0 Å². The topological polar surface area (TPSA) is 46.2 Å². The van der Waals surface area contributed by atoms with Crippen molar-refractivity contribution in [1.82, 2.24) is 0 Å². The summed E-state index contributed by atoms with van der Waals surface area (Å²) in [4.78, 5) is 0. The second-order valence-electron chi connectivity index (χ2n) is 4.75. The average Bonchev–Trinajstić information content (AvgIpc) is 2.77. The van der Waals surface area contributed by atoms with E-state index in [-0.39, 0.29) is 12.1 Å². The molecule has 0 bridgehead atoms. The summed E-state index contributed by atoms with van der Waals surface area (Å²) in [5.41, 5.74) is 5.71. The van der Waals surface area contributed by atoms with Gasteiger partial charge in [-0.15, -0.1) is 0 Å². The minimum Gasteiger partial charge on any atom is -0.394 e. The van der Waals surface area contributed by atoms with Gasteiger partial charge < -0.3 is 10.8 Å². The lowest BCUT2D eigenvalue weighted by Gasteiger charge is -2.25. The van der Waals surface area contributed by atoms with Gasteiger partial charge in [0.15, 0.2) is 0 Å². The van der Waals surface area contributed by atoms with Gasteiger partial charge in [-0.25, -0.2) is 0 Å². The number of hydrogen-bond donors (Lipinski definition) is 2. The quantitative estimate of drug-likeness (QED) is 0.662. The van der Waals surface area contributed by atoms with E-state index in [1.165, 1.54) is 31.4 Å². The average molecular weight is 231 g/mol. The van der Waals surface area contributed by atoms with E-state index in [1.807, 2.05) is 0 Å². The fraction of sp³-hybridized carbons (Fsp3) is 1.00. The normalized spacial score (nSPS) is 21.8. The molecule has 1 unspecified atom stereocenters. The molecule has 0 aromatic heterocycles. The lowest BCUT2D eigenvalue weighted by atomic mass is 9.93. The predicted octanol–water partition coefficient (Wildman–Crippen LogP) is 2.54. The second-order valence-corrected chi connectivity index (χ2v) is 6.16. The van der Waals surface area contributed by atoms with Crippen LogP contribution in [0.2, 0.25) is 0 Å². The van der Waals surface area contributed by atoms with E-state index >= 15 is 0 Å². The molecular weight excluding hydrogens is 206 g/mol. The van der Waals surface area contributed by atoms with Crippen molar-refractivity contribution in [3.05, 3.63) is 0 Å². The molecule has 3 heteroatoms. The van der Waals surface area contributed by atoms with E-state index in [0.717, 1.165) is 24.5 Å². The number of thioether (sulfide) groups is 1. The Morgan fingerprint density at radius 1 is 1.40 bits per heavy atom. The maximum atomic E-state index is 9.16. The summed E-state index contributed by atoms with van der Waals surface area (Å²) in [6.45, 7) is 2.18. The van der Waals surface area contributed by atoms with Gasteiger partial charge in [0, 0.05) is 10.8 Å². The van der Waals surface area contributed by atoms with Crippen molar-refractivity contribution in [1.29, 1.82) is 0 Å². The highest BCUT2D eigenvalue weighted by Gasteiger charge is 2.21. The summed E-state index contributed by atoms with van der Waals surface area (Å²) >= 11 is 2.11. The Balaban J connectivity index is 2.04. The first-order valence-corrected chi connectivity index (χ1v) is 7.26. The molecule has 0 saturated heterocycles. The van der Waals surface area contributed by atoms with Crippen molar-refractivity contribution in [3.63, 3.8) is 0 Å². The molecule has 1 fully saturated rings. The van der Waals surface area contributed by atoms with E-state index in [2.05, 4.69) is 18.7 Å². The standard InChI is InChI=1S/C12H25NOS/c1-2-12(13,10-14)8-5-9-15-11-6-3-4-7-11/h11,14H,2-10,13H2,1H3. The van der Waals surface area contributed by atoms with Crippen LogP contribution >= 0.6 is 11.8 Å². The Kier molecular flexibility index (Phi) is 6.02. The van der Waals surface area contributed by atoms with E-state index in [1.54, 1.807) is 0 Å². The second kappa shape index (κ2) is 6.77. The summed E-state index contributed by atoms with van der Waals surface area (Å²) in [7, 11) is 0. The summed E-state index contributed by atoms with van der Waals surface area (Å²) < 4.78 is 0. The molecule has 0 spiro atoms. The van der Waals surface area contributed by atoms with Crippen LogP contribution in [0.1, 0.15) is 51.9 Å². The van der Waals surface area contributed by atoms with Gasteiger partial charge in [-0.05, 0) is 37.9 Å². The molecule has 1 aliphatic carbocycles. The van der Waals surface area contributed by atoms with E-state index in [0.29, 0.717) is 0 Å². The molecule has 0 aromatic rings. The van der Waals surface area contributed by atoms with Crippen LogP contribution in [0, 0.1) is 0 Å². The molecule has 1 atom stereocenters. The Labute approximate surface area is 98.0 Å². The fourth-order valence-corrected chi connectivity index (χ4v) is 3.41. The van der Waals surface area contributed by atoms with Crippen LogP contribution < -0.4 is 5.73 Å². The van der Waals surface area contributed by atoms with E-state index < -0.39 is 0 Å². The van der Waals surface area contributed by atoms with Gasteiger partial charge in [0.2, 0.25) is 0 Å². The molecule has 0 heterocycles. The third-order valence-corrected chi connectivity index (χ3v) is 4.96. The maximum absolute atomic E-state index is 9.16. The largest absolute Gasteiger partial charge is 0.394 e. The number of aliphatic hydroxyl groups excluding tert-OH is 1. The summed E-state index contributed by atoms with van der Waals surface area (Å²) in [5.74, 6) is 1.21. The third-order valence-electron chi connectivity index (χ3n) is 3.49. The summed E-state index contributed by atoms with van der Waals surface area (Å²) in [6, 6.07) is 0. The van der Waals surface area contributed by atoms with Crippen LogP contribution in [-0.2, 0) is 0 Å². The monoisotopic (exact) mass is 231 g/mol. The number of hydrogen-bond acceptors (Lipinski definition) is 3. The van der Waals surface area contributed by atoms with Gasteiger partial charge in [0.05, 0.1) is 6.61 Å². The first kappa shape index (κ1) is 13.3. The third kappa shape index (κ3) is 4.75. The molecular formula is C12H25NOS. The van der Waals surface area contributed by atoms with Gasteiger partial charge in [-0.1, -0.05) is 19.8 Å². The Bertz CT molecular complexity index is 165. The minimum atomic E-state index is -0.323. The highest BCUT2D eigenvalue weighted by molar-refractivity contribution is 7.99. The Hall–Kier alpha value is 0.270. The SMILES string of the molecule is CCC(N)(CO)CCCSC1CCCC1. The molecule has 1 saturated carbocycles. The van der Waals surface area contributed by atoms with Gasteiger partial charge in [-0.3, -0.25) is 0 Å². The lowest BCUT2D eigenvalue weighted by molar-refractivity contribution is 0.182. The Morgan fingerprint density at radius 2 is 2.07 bits per heavy atom. The van der Waals surface area contributed by atoms with Crippen molar-refractivity contribution in [3.8, 4) is 0 Å². The van der Waals surface area contributed by atoms with E-state index in [9.17, 15) is 0 Å². The van der Waals surface area contributed by atoms with Gasteiger partial charge in [0.1, 0.15) is 0 Å². The van der Waals surface area contributed by atoms with E-state index in [4.69, 9.17) is 10.8 Å². The van der Waals surface area contributed by atoms with Crippen LogP contribution in [0.5, 0.6) is 0 Å². The van der Waals surface area contributed by atoms with Crippen LogP contribution in [0.4, 0.5) is 0 Å². The van der Waals surface area contributed by atoms with Crippen molar-refractivity contribution in [2.24, 2.45) is 5.73 Å². The maximum Gasteiger partial charge on any atom is 0.0611 e. The highest BCUT2D eigenvalue weighted by Crippen LogP contribution is 2.30. The molecule has 1 rings (SSSR count). The highest BCUT2D eigenvalue weighted by atomic mass is 32.2. The predicted molar refractivity (Wildman–Crippen MR) is 68.2 cm³/mol. The molecule has 90 valence electrons. The summed E-state index contributed by atoms with van der Waals surface area (Å²) in [5, 5.41) is 10.1. The molecule has 0 amide bonds. The number of nitrogens with two attached hydrogens (primary N) is 1. The van der Waals surface area contributed by atoms with Gasteiger partial charge in [-0.2, -0.15) is 11.8 Å². The zero-order valence-corrected chi connectivity index (χ0v) is 10.7. The smallest absolute Gasteiger partial charge is 0.0611 e. The van der Waals surface area contributed by atoms with Crippen molar-refractivity contribution >= 4 is 11.8 Å². The molecule has 0 radical (unpaired) electrons. The molecule has 0 aromatic carbocycles. The Morgan fingerprint density at radius 3 is 2.60 bits per heavy atom. The van der Waals surface area contributed by atoms with Crippen molar-refractivity contribution < 1.29 is 5.11 Å². The van der Waals surface area contributed by atoms with Gasteiger partial charge >= 0.3 is 0 Å². The van der Waals surface area contributed by atoms with Crippen LogP contribution in [0.25, 0.3) is 0 Å². The molecule has 2 nitrogen and oxygen atoms in total.